The first kappa shape index (κ1) is 19.0. The number of ether oxygens (including phenoxy) is 1. The average molecular weight is 248 g/mol. The summed E-state index contributed by atoms with van der Waals surface area (Å²) in [5, 5.41) is 0. The normalized spacial score (nSPS) is 9.61. The summed E-state index contributed by atoms with van der Waals surface area (Å²) in [6.45, 7) is 6.06. The van der Waals surface area contributed by atoms with Gasteiger partial charge in [-0.3, -0.25) is 0 Å². The SMILES string of the molecule is C/C=C\CC/C=C/c1ccccc1.CC.COC. The van der Waals surface area contributed by atoms with E-state index < -0.39 is 0 Å². The van der Waals surface area contributed by atoms with Gasteiger partial charge in [0.25, 0.3) is 0 Å². The summed E-state index contributed by atoms with van der Waals surface area (Å²) in [4.78, 5) is 0. The lowest BCUT2D eigenvalue weighted by molar-refractivity contribution is 0.277. The lowest BCUT2D eigenvalue weighted by Crippen LogP contribution is -1.69. The summed E-state index contributed by atoms with van der Waals surface area (Å²) in [5.41, 5.74) is 1.28. The molecule has 0 spiro atoms. The van der Waals surface area contributed by atoms with E-state index in [1.54, 1.807) is 14.2 Å². The molecule has 0 unspecified atom stereocenters. The van der Waals surface area contributed by atoms with E-state index in [-0.39, 0.29) is 0 Å². The van der Waals surface area contributed by atoms with Crippen LogP contribution in [0.25, 0.3) is 6.08 Å². The van der Waals surface area contributed by atoms with Gasteiger partial charge in [0.15, 0.2) is 0 Å². The Balaban J connectivity index is 0. The fourth-order valence-electron chi connectivity index (χ4n) is 1.14. The molecule has 0 saturated carbocycles. The number of rotatable bonds is 4. The fraction of sp³-hybridized carbons (Fsp3) is 0.412. The predicted molar refractivity (Wildman–Crippen MR) is 83.8 cm³/mol. The Morgan fingerprint density at radius 2 is 1.44 bits per heavy atom. The first-order valence-corrected chi connectivity index (χ1v) is 6.58. The highest BCUT2D eigenvalue weighted by atomic mass is 16.4. The van der Waals surface area contributed by atoms with Gasteiger partial charge in [0, 0.05) is 14.2 Å². The maximum Gasteiger partial charge on any atom is 0.0351 e. The topological polar surface area (TPSA) is 9.23 Å². The van der Waals surface area contributed by atoms with Crippen LogP contribution in [0, 0.1) is 0 Å². The molecule has 0 N–H and O–H groups in total. The summed E-state index contributed by atoms with van der Waals surface area (Å²) in [5.74, 6) is 0. The average Bonchev–Trinajstić information content (AvgIpc) is 2.43. The van der Waals surface area contributed by atoms with E-state index >= 15 is 0 Å². The second-order valence-corrected chi connectivity index (χ2v) is 3.37. The van der Waals surface area contributed by atoms with E-state index in [1.165, 1.54) is 5.56 Å². The van der Waals surface area contributed by atoms with E-state index in [9.17, 15) is 0 Å². The number of allylic oxidation sites excluding steroid dienone is 3. The molecule has 0 aromatic heterocycles. The van der Waals surface area contributed by atoms with Crippen LogP contribution in [0.4, 0.5) is 0 Å². The highest BCUT2D eigenvalue weighted by Crippen LogP contribution is 2.02. The molecule has 0 aliphatic heterocycles. The fourth-order valence-corrected chi connectivity index (χ4v) is 1.14. The van der Waals surface area contributed by atoms with Crippen molar-refractivity contribution in [1.29, 1.82) is 0 Å². The molecule has 18 heavy (non-hydrogen) atoms. The summed E-state index contributed by atoms with van der Waals surface area (Å²) in [6, 6.07) is 10.4. The summed E-state index contributed by atoms with van der Waals surface area (Å²) >= 11 is 0. The van der Waals surface area contributed by atoms with Gasteiger partial charge in [-0.05, 0) is 25.3 Å². The van der Waals surface area contributed by atoms with Gasteiger partial charge in [-0.1, -0.05) is 68.5 Å². The number of unbranched alkanes of at least 4 members (excludes halogenated alkanes) is 1. The van der Waals surface area contributed by atoms with Crippen molar-refractivity contribution < 1.29 is 4.74 Å². The van der Waals surface area contributed by atoms with Gasteiger partial charge < -0.3 is 4.74 Å². The molecule has 0 saturated heterocycles. The molecule has 0 aliphatic rings. The van der Waals surface area contributed by atoms with Crippen LogP contribution in [0.3, 0.4) is 0 Å². The Labute approximate surface area is 113 Å². The second-order valence-electron chi connectivity index (χ2n) is 3.37. The number of benzene rings is 1. The molecule has 0 amide bonds. The summed E-state index contributed by atoms with van der Waals surface area (Å²) in [6.07, 6.45) is 10.9. The number of hydrogen-bond acceptors (Lipinski definition) is 1. The van der Waals surface area contributed by atoms with E-state index in [0.717, 1.165) is 12.8 Å². The summed E-state index contributed by atoms with van der Waals surface area (Å²) in [7, 11) is 3.25. The van der Waals surface area contributed by atoms with Crippen molar-refractivity contribution in [2.24, 2.45) is 0 Å². The molecule has 1 aromatic carbocycles. The molecule has 0 fully saturated rings. The lowest BCUT2D eigenvalue weighted by atomic mass is 10.2. The van der Waals surface area contributed by atoms with Crippen molar-refractivity contribution in [3.05, 3.63) is 54.1 Å². The van der Waals surface area contributed by atoms with Crippen molar-refractivity contribution in [3.8, 4) is 0 Å². The summed E-state index contributed by atoms with van der Waals surface area (Å²) < 4.78 is 4.25. The zero-order chi connectivity index (χ0) is 14.1. The molecular formula is C17H28O. The van der Waals surface area contributed by atoms with Gasteiger partial charge in [-0.25, -0.2) is 0 Å². The zero-order valence-corrected chi connectivity index (χ0v) is 12.5. The van der Waals surface area contributed by atoms with Crippen LogP contribution in [0.2, 0.25) is 0 Å². The Morgan fingerprint density at radius 1 is 0.944 bits per heavy atom. The third-order valence-corrected chi connectivity index (χ3v) is 1.85. The van der Waals surface area contributed by atoms with Crippen LogP contribution in [-0.2, 0) is 4.74 Å². The number of hydrogen-bond donors (Lipinski definition) is 0. The first-order valence-electron chi connectivity index (χ1n) is 6.58. The van der Waals surface area contributed by atoms with E-state index in [2.05, 4.69) is 60.2 Å². The Bertz CT molecular complexity index is 286. The molecule has 1 heteroatoms. The molecule has 0 radical (unpaired) electrons. The smallest absolute Gasteiger partial charge is 0.0351 e. The minimum Gasteiger partial charge on any atom is -0.388 e. The van der Waals surface area contributed by atoms with Gasteiger partial charge in [0.2, 0.25) is 0 Å². The first-order chi connectivity index (χ1) is 8.85. The van der Waals surface area contributed by atoms with Crippen LogP contribution in [-0.4, -0.2) is 14.2 Å². The molecule has 0 aliphatic carbocycles. The van der Waals surface area contributed by atoms with Crippen LogP contribution in [0.5, 0.6) is 0 Å². The highest BCUT2D eigenvalue weighted by Gasteiger charge is 1.81. The van der Waals surface area contributed by atoms with Crippen molar-refractivity contribution in [2.75, 3.05) is 14.2 Å². The minimum absolute atomic E-state index is 1.12. The molecule has 0 heterocycles. The zero-order valence-electron chi connectivity index (χ0n) is 12.5. The van der Waals surface area contributed by atoms with Gasteiger partial charge in [-0.15, -0.1) is 0 Å². The molecule has 102 valence electrons. The monoisotopic (exact) mass is 248 g/mol. The Kier molecular flexibility index (Phi) is 19.0. The third-order valence-electron chi connectivity index (χ3n) is 1.85. The maximum absolute atomic E-state index is 4.25. The molecule has 1 rings (SSSR count). The van der Waals surface area contributed by atoms with E-state index in [1.807, 2.05) is 19.9 Å². The van der Waals surface area contributed by atoms with Crippen LogP contribution >= 0.6 is 0 Å². The van der Waals surface area contributed by atoms with Crippen molar-refractivity contribution >= 4 is 6.08 Å². The third kappa shape index (κ3) is 14.7. The van der Waals surface area contributed by atoms with Gasteiger partial charge in [-0.2, -0.15) is 0 Å². The predicted octanol–water partition coefficient (Wildman–Crippen LogP) is 5.34. The highest BCUT2D eigenvalue weighted by molar-refractivity contribution is 5.48. The van der Waals surface area contributed by atoms with Crippen molar-refractivity contribution in [1.82, 2.24) is 0 Å². The van der Waals surface area contributed by atoms with Gasteiger partial charge in [0.1, 0.15) is 0 Å². The lowest BCUT2D eigenvalue weighted by Gasteiger charge is -1.90. The van der Waals surface area contributed by atoms with Crippen LogP contribution in [0.1, 0.15) is 39.2 Å². The maximum atomic E-state index is 4.25. The van der Waals surface area contributed by atoms with E-state index in [0.29, 0.717) is 0 Å². The largest absolute Gasteiger partial charge is 0.388 e. The van der Waals surface area contributed by atoms with Gasteiger partial charge in [0.05, 0.1) is 0 Å². The van der Waals surface area contributed by atoms with E-state index in [4.69, 9.17) is 0 Å². The molecule has 1 aromatic rings. The molecule has 0 atom stereocenters. The molecule has 0 bridgehead atoms. The van der Waals surface area contributed by atoms with Crippen LogP contribution in [0.15, 0.2) is 48.6 Å². The second kappa shape index (κ2) is 18.0. The minimum atomic E-state index is 1.12. The van der Waals surface area contributed by atoms with Crippen LogP contribution < -0.4 is 0 Å². The van der Waals surface area contributed by atoms with Gasteiger partial charge >= 0.3 is 0 Å². The quantitative estimate of drug-likeness (QED) is 0.516. The van der Waals surface area contributed by atoms with Crippen molar-refractivity contribution in [2.45, 2.75) is 33.6 Å². The Morgan fingerprint density at radius 3 is 1.94 bits per heavy atom. The molecular weight excluding hydrogens is 220 g/mol. The van der Waals surface area contributed by atoms with Crippen molar-refractivity contribution in [3.63, 3.8) is 0 Å². The standard InChI is InChI=1S/C13H16.C2H6O.C2H6/c1-2-3-4-5-7-10-13-11-8-6-9-12-13;1-3-2;1-2/h2-3,6-12H,4-5H2,1H3;1-2H3;1-2H3/b3-2-,10-7+;;. The Hall–Kier alpha value is -1.34. The molecule has 1 nitrogen and oxygen atoms in total. The number of methoxy groups -OCH3 is 1.